The fourth-order valence-corrected chi connectivity index (χ4v) is 1.32. The number of nitrogens with one attached hydrogen (secondary N) is 1. The lowest BCUT2D eigenvalue weighted by Crippen LogP contribution is -2.04. The zero-order valence-corrected chi connectivity index (χ0v) is 8.59. The number of anilines is 1. The van der Waals surface area contributed by atoms with Crippen molar-refractivity contribution in [3.05, 3.63) is 30.9 Å². The Morgan fingerprint density at radius 1 is 1.53 bits per heavy atom. The average molecular weight is 203 g/mol. The smallest absolute Gasteiger partial charge is 0.203 e. The van der Waals surface area contributed by atoms with E-state index >= 15 is 0 Å². The molecule has 2 aromatic heterocycles. The van der Waals surface area contributed by atoms with Gasteiger partial charge in [-0.15, -0.1) is 10.2 Å². The predicted octanol–water partition coefficient (Wildman–Crippen LogP) is 1.50. The summed E-state index contributed by atoms with van der Waals surface area (Å²) < 4.78 is 1.84. The average Bonchev–Trinajstić information content (AvgIpc) is 2.73. The number of nitrogens with zero attached hydrogens (tertiary/aromatic N) is 4. The van der Waals surface area contributed by atoms with Gasteiger partial charge in [0.15, 0.2) is 5.82 Å². The maximum Gasteiger partial charge on any atom is 0.203 e. The quantitative estimate of drug-likeness (QED) is 0.604. The summed E-state index contributed by atoms with van der Waals surface area (Å²) >= 11 is 0. The van der Waals surface area contributed by atoms with Crippen molar-refractivity contribution in [3.63, 3.8) is 0 Å². The highest BCUT2D eigenvalue weighted by Crippen LogP contribution is 2.09. The van der Waals surface area contributed by atoms with E-state index in [4.69, 9.17) is 0 Å². The first-order valence-corrected chi connectivity index (χ1v) is 4.91. The van der Waals surface area contributed by atoms with Crippen LogP contribution in [0.3, 0.4) is 0 Å². The van der Waals surface area contributed by atoms with E-state index in [1.54, 1.807) is 12.5 Å². The third-order valence-corrected chi connectivity index (χ3v) is 2.05. The second-order valence-electron chi connectivity index (χ2n) is 3.12. The van der Waals surface area contributed by atoms with Crippen molar-refractivity contribution < 1.29 is 0 Å². The Kier molecular flexibility index (Phi) is 2.92. The Morgan fingerprint density at radius 2 is 2.47 bits per heavy atom. The molecule has 15 heavy (non-hydrogen) atoms. The zero-order valence-electron chi connectivity index (χ0n) is 8.59. The van der Waals surface area contributed by atoms with Gasteiger partial charge in [0.1, 0.15) is 6.33 Å². The summed E-state index contributed by atoms with van der Waals surface area (Å²) in [7, 11) is 0. The maximum atomic E-state index is 4.22. The van der Waals surface area contributed by atoms with Crippen molar-refractivity contribution >= 4 is 11.5 Å². The number of rotatable bonds is 4. The number of aromatic nitrogens is 4. The van der Waals surface area contributed by atoms with Crippen LogP contribution in [-0.4, -0.2) is 26.1 Å². The lowest BCUT2D eigenvalue weighted by molar-refractivity contribution is 1.03. The summed E-state index contributed by atoms with van der Waals surface area (Å²) in [6.45, 7) is 2.86. The largest absolute Gasteiger partial charge is 0.367 e. The Labute approximate surface area is 87.9 Å². The van der Waals surface area contributed by atoms with Crippen LogP contribution in [0.15, 0.2) is 30.9 Å². The molecule has 0 unspecified atom stereocenters. The number of hydrogen-bond donors (Lipinski definition) is 1. The van der Waals surface area contributed by atoms with Gasteiger partial charge < -0.3 is 5.32 Å². The number of fused-ring (bicyclic) bond motifs is 1. The fourth-order valence-electron chi connectivity index (χ4n) is 1.32. The van der Waals surface area contributed by atoms with E-state index in [-0.39, 0.29) is 0 Å². The van der Waals surface area contributed by atoms with Crippen LogP contribution >= 0.6 is 0 Å². The van der Waals surface area contributed by atoms with Gasteiger partial charge in [0.05, 0.1) is 0 Å². The summed E-state index contributed by atoms with van der Waals surface area (Å²) in [6.07, 6.45) is 10.3. The van der Waals surface area contributed by atoms with Crippen LogP contribution in [0.25, 0.3) is 5.65 Å². The van der Waals surface area contributed by atoms with Crippen molar-refractivity contribution in [2.24, 2.45) is 0 Å². The fraction of sp³-hybridized carbons (Fsp3) is 0.300. The first-order chi connectivity index (χ1) is 7.42. The molecule has 0 aliphatic carbocycles. The van der Waals surface area contributed by atoms with Gasteiger partial charge in [0, 0.05) is 18.9 Å². The van der Waals surface area contributed by atoms with Crippen molar-refractivity contribution in [2.75, 3.05) is 11.9 Å². The lowest BCUT2D eigenvalue weighted by atomic mass is 10.4. The van der Waals surface area contributed by atoms with Gasteiger partial charge in [0.2, 0.25) is 5.65 Å². The van der Waals surface area contributed by atoms with Crippen LogP contribution in [0.4, 0.5) is 5.82 Å². The molecule has 0 aliphatic rings. The van der Waals surface area contributed by atoms with Crippen LogP contribution in [0.5, 0.6) is 0 Å². The van der Waals surface area contributed by atoms with E-state index in [1.165, 1.54) is 0 Å². The molecule has 2 aromatic rings. The van der Waals surface area contributed by atoms with Crippen LogP contribution in [0.2, 0.25) is 0 Å². The molecule has 2 rings (SSSR count). The Bertz CT molecular complexity index is 460. The van der Waals surface area contributed by atoms with Gasteiger partial charge in [-0.05, 0) is 13.3 Å². The summed E-state index contributed by atoms with van der Waals surface area (Å²) in [5.41, 5.74) is 0.762. The van der Waals surface area contributed by atoms with Crippen LogP contribution < -0.4 is 5.32 Å². The van der Waals surface area contributed by atoms with E-state index < -0.39 is 0 Å². The Hall–Kier alpha value is -1.91. The van der Waals surface area contributed by atoms with Gasteiger partial charge in [-0.3, -0.25) is 4.40 Å². The molecule has 78 valence electrons. The molecule has 0 saturated heterocycles. The monoisotopic (exact) mass is 203 g/mol. The molecular weight excluding hydrogens is 190 g/mol. The molecule has 0 bridgehead atoms. The second kappa shape index (κ2) is 4.54. The molecule has 0 radical (unpaired) electrons. The Balaban J connectivity index is 2.10. The molecule has 0 atom stereocenters. The predicted molar refractivity (Wildman–Crippen MR) is 58.7 cm³/mol. The van der Waals surface area contributed by atoms with Gasteiger partial charge in [-0.2, -0.15) is 0 Å². The third-order valence-electron chi connectivity index (χ3n) is 2.05. The minimum atomic E-state index is 0.762. The van der Waals surface area contributed by atoms with Crippen molar-refractivity contribution in [1.29, 1.82) is 0 Å². The maximum absolute atomic E-state index is 4.22. The summed E-state index contributed by atoms with van der Waals surface area (Å²) in [4.78, 5) is 4.22. The summed E-state index contributed by atoms with van der Waals surface area (Å²) in [6, 6.07) is 0. The number of hydrogen-bond acceptors (Lipinski definition) is 4. The highest BCUT2D eigenvalue weighted by Gasteiger charge is 2.02. The van der Waals surface area contributed by atoms with Crippen molar-refractivity contribution in [1.82, 2.24) is 19.6 Å². The Morgan fingerprint density at radius 3 is 3.33 bits per heavy atom. The molecule has 0 spiro atoms. The van der Waals surface area contributed by atoms with E-state index in [0.717, 1.165) is 24.4 Å². The molecule has 0 fully saturated rings. The van der Waals surface area contributed by atoms with Gasteiger partial charge in [-0.1, -0.05) is 12.2 Å². The van der Waals surface area contributed by atoms with Gasteiger partial charge in [-0.25, -0.2) is 4.98 Å². The molecule has 0 amide bonds. The first-order valence-electron chi connectivity index (χ1n) is 4.91. The number of allylic oxidation sites excluding steroid dienone is 1. The first kappa shape index (κ1) is 9.64. The van der Waals surface area contributed by atoms with Crippen molar-refractivity contribution in [2.45, 2.75) is 13.3 Å². The molecule has 5 heteroatoms. The molecule has 0 aliphatic heterocycles. The third kappa shape index (κ3) is 2.12. The SMILES string of the molecule is C/C=C/CCNc1nccn2cnnc12. The summed E-state index contributed by atoms with van der Waals surface area (Å²) in [5.74, 6) is 0.777. The minimum Gasteiger partial charge on any atom is -0.367 e. The van der Waals surface area contributed by atoms with Crippen LogP contribution in [0.1, 0.15) is 13.3 Å². The van der Waals surface area contributed by atoms with Crippen molar-refractivity contribution in [3.8, 4) is 0 Å². The lowest BCUT2D eigenvalue weighted by Gasteiger charge is -2.03. The minimum absolute atomic E-state index is 0.762. The van der Waals surface area contributed by atoms with E-state index in [9.17, 15) is 0 Å². The van der Waals surface area contributed by atoms with E-state index in [2.05, 4.69) is 26.6 Å². The highest BCUT2D eigenvalue weighted by molar-refractivity contribution is 5.61. The van der Waals surface area contributed by atoms with E-state index in [0.29, 0.717) is 0 Å². The summed E-state index contributed by atoms with van der Waals surface area (Å²) in [5, 5.41) is 11.0. The van der Waals surface area contributed by atoms with Crippen LogP contribution in [-0.2, 0) is 0 Å². The molecule has 0 saturated carbocycles. The molecule has 0 aromatic carbocycles. The van der Waals surface area contributed by atoms with E-state index in [1.807, 2.05) is 23.6 Å². The standard InChI is InChI=1S/C10H13N5/c1-2-3-4-5-11-9-10-14-13-8-15(10)7-6-12-9/h2-3,6-8H,4-5H2,1H3,(H,11,12)/b3-2+. The zero-order chi connectivity index (χ0) is 10.5. The highest BCUT2D eigenvalue weighted by atomic mass is 15.2. The molecular formula is C10H13N5. The normalized spacial score (nSPS) is 11.3. The molecule has 2 heterocycles. The van der Waals surface area contributed by atoms with Crippen LogP contribution in [0, 0.1) is 0 Å². The second-order valence-corrected chi connectivity index (χ2v) is 3.12. The molecule has 5 nitrogen and oxygen atoms in total. The van der Waals surface area contributed by atoms with Gasteiger partial charge in [0.25, 0.3) is 0 Å². The molecule has 1 N–H and O–H groups in total. The topological polar surface area (TPSA) is 55.1 Å². The van der Waals surface area contributed by atoms with Gasteiger partial charge >= 0.3 is 0 Å².